The monoisotopic (exact) mass is 273 g/mol. The highest BCUT2D eigenvalue weighted by Gasteiger charge is 2.25. The second-order valence-electron chi connectivity index (χ2n) is 5.03. The third kappa shape index (κ3) is 2.46. The fraction of sp³-hybridized carbons (Fsp3) is 0.467. The van der Waals surface area contributed by atoms with Crippen molar-refractivity contribution in [1.29, 1.82) is 0 Å². The van der Waals surface area contributed by atoms with E-state index >= 15 is 0 Å². The molecule has 3 rings (SSSR count). The average Bonchev–Trinajstić information content (AvgIpc) is 2.98. The van der Waals surface area contributed by atoms with Crippen LogP contribution in [0.15, 0.2) is 28.8 Å². The van der Waals surface area contributed by atoms with E-state index in [2.05, 4.69) is 39.7 Å². The van der Waals surface area contributed by atoms with E-state index in [9.17, 15) is 0 Å². The summed E-state index contributed by atoms with van der Waals surface area (Å²) in [4.78, 5) is 4.48. The quantitative estimate of drug-likeness (QED) is 0.927. The fourth-order valence-electron chi connectivity index (χ4n) is 2.60. The zero-order valence-corrected chi connectivity index (χ0v) is 11.8. The first-order valence-electron chi connectivity index (χ1n) is 6.98. The molecular formula is C15H19N3O2. The summed E-state index contributed by atoms with van der Waals surface area (Å²) < 4.78 is 10.7. The molecule has 2 heterocycles. The lowest BCUT2D eigenvalue weighted by Crippen LogP contribution is -2.28. The fourth-order valence-corrected chi connectivity index (χ4v) is 2.60. The van der Waals surface area contributed by atoms with E-state index in [1.165, 1.54) is 11.1 Å². The Kier molecular flexibility index (Phi) is 3.80. The highest BCUT2D eigenvalue weighted by Crippen LogP contribution is 2.26. The van der Waals surface area contributed by atoms with Gasteiger partial charge in [0.1, 0.15) is 6.10 Å². The van der Waals surface area contributed by atoms with Crippen molar-refractivity contribution in [1.82, 2.24) is 15.5 Å². The zero-order valence-electron chi connectivity index (χ0n) is 11.8. The lowest BCUT2D eigenvalue weighted by Gasteiger charge is -2.23. The summed E-state index contributed by atoms with van der Waals surface area (Å²) in [6, 6.07) is 8.52. The SMILES string of the molecule is CCC(OC)c1noc([C@@H]2Cc3ccccc3CN2)n1. The minimum Gasteiger partial charge on any atom is -0.373 e. The van der Waals surface area contributed by atoms with Gasteiger partial charge in [-0.3, -0.25) is 0 Å². The number of hydrogen-bond donors (Lipinski definition) is 1. The van der Waals surface area contributed by atoms with E-state index in [1.807, 2.05) is 6.92 Å². The second-order valence-corrected chi connectivity index (χ2v) is 5.03. The van der Waals surface area contributed by atoms with E-state index in [0.29, 0.717) is 11.7 Å². The number of nitrogens with one attached hydrogen (secondary N) is 1. The maximum absolute atomic E-state index is 5.40. The maximum Gasteiger partial charge on any atom is 0.244 e. The van der Waals surface area contributed by atoms with Crippen LogP contribution in [0.1, 0.15) is 48.3 Å². The van der Waals surface area contributed by atoms with Crippen molar-refractivity contribution in [3.8, 4) is 0 Å². The molecule has 0 bridgehead atoms. The van der Waals surface area contributed by atoms with Gasteiger partial charge in [-0.05, 0) is 24.0 Å². The van der Waals surface area contributed by atoms with Crippen LogP contribution in [-0.2, 0) is 17.7 Å². The summed E-state index contributed by atoms with van der Waals surface area (Å²) in [5.74, 6) is 1.27. The molecule has 1 aromatic carbocycles. The third-order valence-corrected chi connectivity index (χ3v) is 3.78. The van der Waals surface area contributed by atoms with Gasteiger partial charge in [0.05, 0.1) is 6.04 Å². The first-order valence-corrected chi connectivity index (χ1v) is 6.98. The van der Waals surface area contributed by atoms with Crippen LogP contribution < -0.4 is 5.32 Å². The molecule has 5 nitrogen and oxygen atoms in total. The van der Waals surface area contributed by atoms with E-state index in [1.54, 1.807) is 7.11 Å². The summed E-state index contributed by atoms with van der Waals surface area (Å²) in [6.07, 6.45) is 1.61. The Morgan fingerprint density at radius 1 is 1.40 bits per heavy atom. The van der Waals surface area contributed by atoms with Gasteiger partial charge < -0.3 is 14.6 Å². The predicted molar refractivity (Wildman–Crippen MR) is 74.1 cm³/mol. The van der Waals surface area contributed by atoms with Crippen molar-refractivity contribution < 1.29 is 9.26 Å². The van der Waals surface area contributed by atoms with Gasteiger partial charge in [-0.2, -0.15) is 4.98 Å². The predicted octanol–water partition coefficient (Wildman–Crippen LogP) is 2.55. The van der Waals surface area contributed by atoms with Crippen molar-refractivity contribution >= 4 is 0 Å². The number of hydrogen-bond acceptors (Lipinski definition) is 5. The van der Waals surface area contributed by atoms with Crippen LogP contribution in [0, 0.1) is 0 Å². The highest BCUT2D eigenvalue weighted by atomic mass is 16.5. The van der Waals surface area contributed by atoms with Gasteiger partial charge in [0.25, 0.3) is 0 Å². The van der Waals surface area contributed by atoms with Gasteiger partial charge in [0, 0.05) is 13.7 Å². The van der Waals surface area contributed by atoms with Crippen LogP contribution in [0.5, 0.6) is 0 Å². The van der Waals surface area contributed by atoms with Crippen LogP contribution in [0.2, 0.25) is 0 Å². The Hall–Kier alpha value is -1.72. The van der Waals surface area contributed by atoms with Crippen LogP contribution in [0.3, 0.4) is 0 Å². The van der Waals surface area contributed by atoms with E-state index in [4.69, 9.17) is 9.26 Å². The van der Waals surface area contributed by atoms with E-state index in [-0.39, 0.29) is 12.1 Å². The lowest BCUT2D eigenvalue weighted by molar-refractivity contribution is 0.0903. The van der Waals surface area contributed by atoms with Gasteiger partial charge >= 0.3 is 0 Å². The van der Waals surface area contributed by atoms with Gasteiger partial charge in [0.15, 0.2) is 0 Å². The minimum absolute atomic E-state index is 0.0838. The number of aromatic nitrogens is 2. The second kappa shape index (κ2) is 5.73. The molecular weight excluding hydrogens is 254 g/mol. The van der Waals surface area contributed by atoms with E-state index < -0.39 is 0 Å². The number of fused-ring (bicyclic) bond motifs is 1. The van der Waals surface area contributed by atoms with Gasteiger partial charge in [-0.15, -0.1) is 0 Å². The maximum atomic E-state index is 5.40. The molecule has 1 N–H and O–H groups in total. The first kappa shape index (κ1) is 13.3. The third-order valence-electron chi connectivity index (χ3n) is 3.78. The number of benzene rings is 1. The summed E-state index contributed by atoms with van der Waals surface area (Å²) >= 11 is 0. The highest BCUT2D eigenvalue weighted by molar-refractivity contribution is 5.30. The molecule has 0 spiro atoms. The Bertz CT molecular complexity index is 578. The number of methoxy groups -OCH3 is 1. The molecule has 1 aromatic heterocycles. The summed E-state index contributed by atoms with van der Waals surface area (Å²) in [5.41, 5.74) is 2.68. The molecule has 0 saturated carbocycles. The molecule has 0 aliphatic carbocycles. The van der Waals surface area contributed by atoms with Crippen molar-refractivity contribution in [2.45, 2.75) is 38.5 Å². The molecule has 0 radical (unpaired) electrons. The summed E-state index contributed by atoms with van der Waals surface area (Å²) in [5, 5.41) is 7.48. The zero-order chi connectivity index (χ0) is 13.9. The molecule has 0 amide bonds. The molecule has 5 heteroatoms. The lowest BCUT2D eigenvalue weighted by atomic mass is 9.96. The van der Waals surface area contributed by atoms with E-state index in [0.717, 1.165) is 19.4 Å². The molecule has 1 aliphatic rings. The average molecular weight is 273 g/mol. The Morgan fingerprint density at radius 3 is 2.95 bits per heavy atom. The minimum atomic E-state index is -0.0941. The molecule has 1 unspecified atom stereocenters. The summed E-state index contributed by atoms with van der Waals surface area (Å²) in [6.45, 7) is 2.87. The molecule has 2 atom stereocenters. The van der Waals surface area contributed by atoms with Gasteiger partial charge in [-0.25, -0.2) is 0 Å². The number of ether oxygens (including phenoxy) is 1. The van der Waals surface area contributed by atoms with Crippen molar-refractivity contribution in [3.05, 3.63) is 47.1 Å². The molecule has 2 aromatic rings. The molecule has 0 fully saturated rings. The standard InChI is InChI=1S/C15H19N3O2/c1-3-13(19-2)14-17-15(20-18-14)12-8-10-6-4-5-7-11(10)9-16-12/h4-7,12-13,16H,3,8-9H2,1-2H3/t12-,13?/m0/s1. The molecule has 20 heavy (non-hydrogen) atoms. The largest absolute Gasteiger partial charge is 0.373 e. The first-order chi connectivity index (χ1) is 9.81. The van der Waals surface area contributed by atoms with Crippen LogP contribution >= 0.6 is 0 Å². The van der Waals surface area contributed by atoms with Crippen molar-refractivity contribution in [2.24, 2.45) is 0 Å². The molecule has 0 saturated heterocycles. The topological polar surface area (TPSA) is 60.2 Å². The number of nitrogens with zero attached hydrogens (tertiary/aromatic N) is 2. The van der Waals surface area contributed by atoms with Crippen LogP contribution in [-0.4, -0.2) is 17.3 Å². The van der Waals surface area contributed by atoms with Crippen LogP contribution in [0.4, 0.5) is 0 Å². The smallest absolute Gasteiger partial charge is 0.244 e. The van der Waals surface area contributed by atoms with Gasteiger partial charge in [0.2, 0.25) is 11.7 Å². The van der Waals surface area contributed by atoms with Crippen molar-refractivity contribution in [2.75, 3.05) is 7.11 Å². The Balaban J connectivity index is 1.78. The van der Waals surface area contributed by atoms with Gasteiger partial charge in [-0.1, -0.05) is 36.3 Å². The summed E-state index contributed by atoms with van der Waals surface area (Å²) in [7, 11) is 1.67. The Labute approximate surface area is 118 Å². The Morgan fingerprint density at radius 2 is 2.20 bits per heavy atom. The number of rotatable bonds is 4. The molecule has 106 valence electrons. The van der Waals surface area contributed by atoms with Crippen molar-refractivity contribution in [3.63, 3.8) is 0 Å². The molecule has 1 aliphatic heterocycles. The van der Waals surface area contributed by atoms with Crippen LogP contribution in [0.25, 0.3) is 0 Å². The normalized spacial score (nSPS) is 19.6.